The monoisotopic (exact) mass is 500 g/mol. The predicted octanol–water partition coefficient (Wildman–Crippen LogP) is 1.65. The summed E-state index contributed by atoms with van der Waals surface area (Å²) in [5, 5.41) is 20.0. The molecule has 0 aromatic heterocycles. The summed E-state index contributed by atoms with van der Waals surface area (Å²) in [4.78, 5) is 42.6. The zero-order chi connectivity index (χ0) is 23.1. The maximum Gasteiger partial charge on any atom is 0.310 e. The first kappa shape index (κ1) is 24.2. The summed E-state index contributed by atoms with van der Waals surface area (Å²) in [7, 11) is 0. The van der Waals surface area contributed by atoms with Crippen LogP contribution < -0.4 is 0 Å². The van der Waals surface area contributed by atoms with Crippen molar-refractivity contribution >= 4 is 33.7 Å². The van der Waals surface area contributed by atoms with Gasteiger partial charge in [0.2, 0.25) is 11.8 Å². The van der Waals surface area contributed by atoms with Gasteiger partial charge in [0.1, 0.15) is 11.6 Å². The summed E-state index contributed by atoms with van der Waals surface area (Å²) in [5.74, 6) is -3.86. The number of carbonyl (C=O) groups excluding carboxylic acids is 2. The van der Waals surface area contributed by atoms with E-state index in [0.29, 0.717) is 19.5 Å². The smallest absolute Gasteiger partial charge is 0.310 e. The average Bonchev–Trinajstić information content (AvgIpc) is 3.29. The van der Waals surface area contributed by atoms with Gasteiger partial charge in [-0.3, -0.25) is 14.4 Å². The normalized spacial score (nSPS) is 34.8. The summed E-state index contributed by atoms with van der Waals surface area (Å²) in [6, 6.07) is -1.58. The van der Waals surface area contributed by atoms with Gasteiger partial charge in [0.15, 0.2) is 0 Å². The Hall–Kier alpha value is -1.45. The number of hydrogen-bond donors (Lipinski definition) is 2. The van der Waals surface area contributed by atoms with Crippen LogP contribution in [-0.2, 0) is 19.1 Å². The molecule has 3 rings (SSSR count). The molecule has 3 saturated heterocycles. The number of hydrogen-bond acceptors (Lipinski definition) is 5. The maximum atomic E-state index is 13.9. The molecule has 0 aliphatic carbocycles. The number of fused-ring (bicyclic) bond motifs is 1. The Balaban J connectivity index is 2.11. The fraction of sp³-hybridized carbons (Fsp3) is 0.773. The van der Waals surface area contributed by atoms with Crippen LogP contribution in [0.15, 0.2) is 12.7 Å². The van der Waals surface area contributed by atoms with E-state index in [1.54, 1.807) is 11.0 Å². The second-order valence-corrected chi connectivity index (χ2v) is 10.3. The number of likely N-dealkylation sites (tertiary alicyclic amines) is 1. The van der Waals surface area contributed by atoms with Crippen molar-refractivity contribution < 1.29 is 29.3 Å². The third kappa shape index (κ3) is 3.72. The van der Waals surface area contributed by atoms with Gasteiger partial charge in [-0.2, -0.15) is 0 Å². The molecule has 2 amide bonds. The second kappa shape index (κ2) is 9.19. The van der Waals surface area contributed by atoms with Gasteiger partial charge in [-0.05, 0) is 18.8 Å². The van der Waals surface area contributed by atoms with Gasteiger partial charge in [0.05, 0.1) is 30.6 Å². The third-order valence-corrected chi connectivity index (χ3v) is 7.85. The Kier molecular flexibility index (Phi) is 7.18. The molecule has 8 nitrogen and oxygen atoms in total. The van der Waals surface area contributed by atoms with Crippen molar-refractivity contribution in [3.05, 3.63) is 12.7 Å². The Morgan fingerprint density at radius 2 is 2.13 bits per heavy atom. The van der Waals surface area contributed by atoms with Gasteiger partial charge >= 0.3 is 5.97 Å². The Morgan fingerprint density at radius 1 is 1.45 bits per heavy atom. The fourth-order valence-electron chi connectivity index (χ4n) is 5.58. The molecule has 7 atom stereocenters. The quantitative estimate of drug-likeness (QED) is 0.348. The molecule has 0 aromatic carbocycles. The molecule has 2 bridgehead atoms. The molecular weight excluding hydrogens is 468 g/mol. The zero-order valence-electron chi connectivity index (χ0n) is 18.4. The molecule has 3 heterocycles. The van der Waals surface area contributed by atoms with E-state index in [1.165, 1.54) is 4.90 Å². The lowest BCUT2D eigenvalue weighted by atomic mass is 9.70. The number of aliphatic carboxylic acids is 1. The minimum atomic E-state index is -1.22. The molecule has 0 radical (unpaired) electrons. The van der Waals surface area contributed by atoms with Crippen LogP contribution in [0.3, 0.4) is 0 Å². The fourth-order valence-corrected chi connectivity index (χ4v) is 6.52. The highest BCUT2D eigenvalue weighted by atomic mass is 79.9. The topological polar surface area (TPSA) is 107 Å². The molecule has 3 fully saturated rings. The number of aliphatic hydroxyl groups excluding tert-OH is 1. The van der Waals surface area contributed by atoms with E-state index in [1.807, 2.05) is 20.8 Å². The van der Waals surface area contributed by atoms with E-state index in [9.17, 15) is 24.6 Å². The first-order chi connectivity index (χ1) is 14.7. The van der Waals surface area contributed by atoms with Crippen LogP contribution in [0.25, 0.3) is 0 Å². The minimum absolute atomic E-state index is 0.122. The summed E-state index contributed by atoms with van der Waals surface area (Å²) in [6.45, 7) is 10.1. The minimum Gasteiger partial charge on any atom is -0.481 e. The van der Waals surface area contributed by atoms with E-state index in [-0.39, 0.29) is 23.3 Å². The molecular formula is C22H33BrN2O6. The van der Waals surface area contributed by atoms with E-state index in [4.69, 9.17) is 4.74 Å². The average molecular weight is 501 g/mol. The number of unbranched alkanes of at least 4 members (excludes halogenated alkanes) is 1. The van der Waals surface area contributed by atoms with Crippen molar-refractivity contribution in [2.75, 3.05) is 19.7 Å². The van der Waals surface area contributed by atoms with Crippen LogP contribution in [0, 0.1) is 17.8 Å². The van der Waals surface area contributed by atoms with E-state index in [2.05, 4.69) is 22.5 Å². The van der Waals surface area contributed by atoms with Crippen LogP contribution in [0.2, 0.25) is 0 Å². The Labute approximate surface area is 191 Å². The van der Waals surface area contributed by atoms with Crippen LogP contribution in [-0.4, -0.2) is 86.1 Å². The van der Waals surface area contributed by atoms with Gasteiger partial charge < -0.3 is 24.7 Å². The maximum absolute atomic E-state index is 13.9. The zero-order valence-corrected chi connectivity index (χ0v) is 20.0. The van der Waals surface area contributed by atoms with Crippen molar-refractivity contribution in [1.82, 2.24) is 9.80 Å². The number of rotatable bonds is 10. The lowest BCUT2D eigenvalue weighted by molar-refractivity contribution is -0.154. The van der Waals surface area contributed by atoms with Crippen LogP contribution >= 0.6 is 15.9 Å². The molecule has 31 heavy (non-hydrogen) atoms. The Morgan fingerprint density at radius 3 is 2.65 bits per heavy atom. The summed E-state index contributed by atoms with van der Waals surface area (Å²) >= 11 is 3.54. The van der Waals surface area contributed by atoms with Crippen molar-refractivity contribution in [2.24, 2.45) is 17.8 Å². The highest BCUT2D eigenvalue weighted by molar-refractivity contribution is 9.09. The van der Waals surface area contributed by atoms with Crippen LogP contribution in [0.1, 0.15) is 40.0 Å². The largest absolute Gasteiger partial charge is 0.481 e. The molecule has 3 aliphatic heterocycles. The second-order valence-electron chi connectivity index (χ2n) is 9.17. The summed E-state index contributed by atoms with van der Waals surface area (Å²) in [5.41, 5.74) is -1.22. The lowest BCUT2D eigenvalue weighted by Crippen LogP contribution is -2.60. The Bertz CT molecular complexity index is 746. The van der Waals surface area contributed by atoms with E-state index < -0.39 is 47.5 Å². The van der Waals surface area contributed by atoms with E-state index in [0.717, 1.165) is 12.8 Å². The number of nitrogens with zero attached hydrogens (tertiary/aromatic N) is 2. The summed E-state index contributed by atoms with van der Waals surface area (Å²) in [6.07, 6.45) is 3.05. The van der Waals surface area contributed by atoms with E-state index >= 15 is 0 Å². The number of halogens is 1. The number of carbonyl (C=O) groups is 3. The van der Waals surface area contributed by atoms with Crippen molar-refractivity contribution in [2.45, 2.75) is 68.6 Å². The molecule has 3 unspecified atom stereocenters. The SMILES string of the molecule is C=CCN(CCCC)C(=O)C1N([C@@H](CO)C(C)C)C(=O)[C@@H]2[C@H](C(=O)O)[C@H]3OC12CC3Br. The predicted molar refractivity (Wildman–Crippen MR) is 118 cm³/mol. The van der Waals surface area contributed by atoms with Crippen LogP contribution in [0.5, 0.6) is 0 Å². The van der Waals surface area contributed by atoms with Gasteiger partial charge in [-0.25, -0.2) is 0 Å². The molecule has 9 heteroatoms. The number of carboxylic acid groups (broad SMARTS) is 1. The third-order valence-electron chi connectivity index (χ3n) is 7.00. The summed E-state index contributed by atoms with van der Waals surface area (Å²) < 4.78 is 6.27. The molecule has 3 aliphatic rings. The first-order valence-electron chi connectivity index (χ1n) is 11.0. The number of alkyl halides is 1. The highest BCUT2D eigenvalue weighted by Crippen LogP contribution is 2.60. The first-order valence-corrected chi connectivity index (χ1v) is 11.9. The lowest BCUT2D eigenvalue weighted by Gasteiger charge is -2.40. The highest BCUT2D eigenvalue weighted by Gasteiger charge is 2.77. The number of ether oxygens (including phenoxy) is 1. The van der Waals surface area contributed by atoms with Crippen molar-refractivity contribution in [1.29, 1.82) is 0 Å². The molecule has 0 aromatic rings. The van der Waals surface area contributed by atoms with Gasteiger partial charge in [-0.1, -0.05) is 49.2 Å². The standard InChI is InChI=1S/C22H33BrN2O6/c1-5-7-9-24(8-6-2)20(28)18-22-10-13(23)17(31-22)15(21(29)30)16(22)19(27)25(18)14(11-26)12(3)4/h6,12-18,26H,2,5,7-11H2,1,3-4H3,(H,29,30)/t13?,14-,15-,16-,17-,18?,22?/m0/s1. The molecule has 0 saturated carbocycles. The number of amides is 2. The van der Waals surface area contributed by atoms with Gasteiger partial charge in [0, 0.05) is 17.9 Å². The van der Waals surface area contributed by atoms with Gasteiger partial charge in [-0.15, -0.1) is 6.58 Å². The number of aliphatic hydroxyl groups is 1. The number of carboxylic acids is 1. The van der Waals surface area contributed by atoms with Gasteiger partial charge in [0.25, 0.3) is 0 Å². The van der Waals surface area contributed by atoms with Crippen LogP contribution in [0.4, 0.5) is 0 Å². The van der Waals surface area contributed by atoms with Crippen molar-refractivity contribution in [3.8, 4) is 0 Å². The molecule has 174 valence electrons. The molecule has 2 N–H and O–H groups in total. The molecule has 1 spiro atoms. The van der Waals surface area contributed by atoms with Crippen molar-refractivity contribution in [3.63, 3.8) is 0 Å².